The molecule has 0 radical (unpaired) electrons. The molecule has 2 aliphatic carbocycles. The second-order valence-corrected chi connectivity index (χ2v) is 25.8. The van der Waals surface area contributed by atoms with E-state index in [1.165, 1.54) is 55.6 Å². The molecule has 0 bridgehead atoms. The van der Waals surface area contributed by atoms with Gasteiger partial charge in [0.1, 0.15) is 0 Å². The molecular formula is C91H72N2O. The highest BCUT2D eigenvalue weighted by atomic mass is 16.1. The van der Waals surface area contributed by atoms with Gasteiger partial charge in [0.2, 0.25) is 0 Å². The van der Waals surface area contributed by atoms with Crippen LogP contribution in [0.25, 0.3) is 21.5 Å². The van der Waals surface area contributed by atoms with Gasteiger partial charge in [0.25, 0.3) is 0 Å². The molecule has 0 saturated heterocycles. The third kappa shape index (κ3) is 10.6. The van der Waals surface area contributed by atoms with Crippen molar-refractivity contribution in [3.63, 3.8) is 0 Å². The van der Waals surface area contributed by atoms with Gasteiger partial charge in [0.15, 0.2) is 5.78 Å². The van der Waals surface area contributed by atoms with Crippen molar-refractivity contribution in [2.24, 2.45) is 0 Å². The molecule has 4 atom stereocenters. The van der Waals surface area contributed by atoms with Crippen LogP contribution in [0.15, 0.2) is 340 Å². The van der Waals surface area contributed by atoms with Crippen molar-refractivity contribution >= 4 is 38.7 Å². The largest absolute Gasteiger partial charge is 0.377 e. The summed E-state index contributed by atoms with van der Waals surface area (Å²) in [6, 6.07) is 123. The van der Waals surface area contributed by atoms with Crippen LogP contribution >= 0.6 is 0 Å². The van der Waals surface area contributed by atoms with Crippen molar-refractivity contribution in [3.8, 4) is 0 Å². The minimum absolute atomic E-state index is 0.0405. The maximum absolute atomic E-state index is 17.6. The predicted octanol–water partition coefficient (Wildman–Crippen LogP) is 22.1. The third-order valence-electron chi connectivity index (χ3n) is 20.3. The summed E-state index contributed by atoms with van der Waals surface area (Å²) in [6.07, 6.45) is 0. The summed E-state index contributed by atoms with van der Waals surface area (Å²) in [6.45, 7) is 4.54. The molecule has 452 valence electrons. The van der Waals surface area contributed by atoms with Crippen LogP contribution in [0.1, 0.15) is 148 Å². The summed E-state index contributed by atoms with van der Waals surface area (Å²) in [5.41, 5.74) is 23.1. The molecule has 0 spiro atoms. The lowest BCUT2D eigenvalue weighted by Gasteiger charge is -2.33. The fraction of sp³-hybridized carbons (Fsp3) is 0.110. The minimum atomic E-state index is -0.581. The predicted molar refractivity (Wildman–Crippen MR) is 389 cm³/mol. The summed E-state index contributed by atoms with van der Waals surface area (Å²) in [5, 5.41) is 13.3. The zero-order valence-corrected chi connectivity index (χ0v) is 52.9. The fourth-order valence-electron chi connectivity index (χ4n) is 16.3. The van der Waals surface area contributed by atoms with E-state index in [4.69, 9.17) is 0 Å². The number of hydrogen-bond acceptors (Lipinski definition) is 3. The van der Waals surface area contributed by atoms with E-state index in [1.807, 2.05) is 0 Å². The van der Waals surface area contributed by atoms with Crippen LogP contribution in [0.4, 0.5) is 11.4 Å². The lowest BCUT2D eigenvalue weighted by molar-refractivity contribution is -0.122. The molecule has 94 heavy (non-hydrogen) atoms. The van der Waals surface area contributed by atoms with Crippen LogP contribution in [-0.4, -0.2) is 5.78 Å². The lowest BCUT2D eigenvalue weighted by Crippen LogP contribution is -2.31. The van der Waals surface area contributed by atoms with E-state index in [1.54, 1.807) is 0 Å². The van der Waals surface area contributed by atoms with Gasteiger partial charge in [0.05, 0.1) is 23.9 Å². The van der Waals surface area contributed by atoms with Crippen LogP contribution in [-0.2, 0) is 4.79 Å². The Bertz CT molecular complexity index is 4530. The molecule has 0 saturated carbocycles. The van der Waals surface area contributed by atoms with Gasteiger partial charge in [0, 0.05) is 35.0 Å². The monoisotopic (exact) mass is 1210 g/mol. The SMILES string of the molecule is Cc1cc(C(c2ccccc2)c2ccccc2)cc(C(c2ccccc2)c2ccccc2)c1NC1c2cccc3cccc(c23)C1C(=O)C1c2cccc3cccc(c23)C1Nc1c(C)cc(C(c2ccccc2)c2ccccc2)cc1C(c1ccccc1)c1ccccc1. The molecule has 0 aliphatic heterocycles. The van der Waals surface area contributed by atoms with Crippen molar-refractivity contribution in [3.05, 3.63) is 440 Å². The number of carbonyl (C=O) groups is 1. The Morgan fingerprint density at radius 3 is 0.777 bits per heavy atom. The number of anilines is 2. The Hall–Kier alpha value is -11.1. The normalized spacial score (nSPS) is 15.6. The van der Waals surface area contributed by atoms with Crippen LogP contribution in [0.3, 0.4) is 0 Å². The molecule has 0 amide bonds. The average molecular weight is 1210 g/mol. The molecule has 4 unspecified atom stereocenters. The maximum Gasteiger partial charge on any atom is 0.152 e. The number of carbonyl (C=O) groups excluding carboxylic acids is 1. The number of benzene rings is 14. The molecular weight excluding hydrogens is 1140 g/mol. The zero-order valence-electron chi connectivity index (χ0n) is 52.9. The van der Waals surface area contributed by atoms with Crippen LogP contribution in [0.2, 0.25) is 0 Å². The molecule has 3 nitrogen and oxygen atoms in total. The van der Waals surface area contributed by atoms with Gasteiger partial charge >= 0.3 is 0 Å². The molecule has 14 aromatic rings. The van der Waals surface area contributed by atoms with E-state index < -0.39 is 23.9 Å². The maximum atomic E-state index is 17.6. The number of hydrogen-bond donors (Lipinski definition) is 2. The second-order valence-electron chi connectivity index (χ2n) is 25.8. The molecule has 0 fully saturated rings. The lowest BCUT2D eigenvalue weighted by atomic mass is 9.77. The van der Waals surface area contributed by atoms with Gasteiger partial charge in [-0.25, -0.2) is 0 Å². The third-order valence-corrected chi connectivity index (χ3v) is 20.3. The highest BCUT2D eigenvalue weighted by molar-refractivity contribution is 6.07. The summed E-state index contributed by atoms with van der Waals surface area (Å²) in [7, 11) is 0. The Balaban J connectivity index is 0.885. The van der Waals surface area contributed by atoms with Crippen LogP contribution < -0.4 is 10.6 Å². The average Bonchev–Trinajstić information content (AvgIpc) is 1.54. The fourth-order valence-corrected chi connectivity index (χ4v) is 16.3. The second kappa shape index (κ2) is 25.2. The standard InChI is InChI=1S/C91H72N2O/c1-59-55-71(79(61-31-11-3-12-32-61)62-33-13-4-14-34-62)57-77(81(65-39-19-7-20-40-65)66-41-21-8-22-42-66)87(59)92-89-75-53-29-49-69-47-27-51-73(83(69)75)85(89)91(94)86-74-52-28-48-70-50-30-54-76(84(70)74)90(86)93-88-60(2)56-72(80(63-35-15-5-16-36-63)64-37-17-6-18-38-64)58-78(88)82(67-43-23-9-24-44-67)68-45-25-10-26-46-68/h3-58,79-82,85-86,89-90,92-93H,1-2H3. The van der Waals surface area contributed by atoms with Gasteiger partial charge in [-0.1, -0.05) is 340 Å². The quantitative estimate of drug-likeness (QED) is 0.0842. The summed E-state index contributed by atoms with van der Waals surface area (Å²) >= 11 is 0. The Kier molecular flexibility index (Phi) is 15.5. The van der Waals surface area contributed by atoms with Crippen molar-refractivity contribution in [1.82, 2.24) is 0 Å². The molecule has 3 heteroatoms. The minimum Gasteiger partial charge on any atom is -0.377 e. The van der Waals surface area contributed by atoms with Crippen molar-refractivity contribution < 1.29 is 4.79 Å². The highest BCUT2D eigenvalue weighted by Crippen LogP contribution is 2.57. The summed E-state index contributed by atoms with van der Waals surface area (Å²) in [4.78, 5) is 17.6. The van der Waals surface area contributed by atoms with Crippen LogP contribution in [0.5, 0.6) is 0 Å². The van der Waals surface area contributed by atoms with E-state index >= 15 is 4.79 Å². The number of Topliss-reactive ketones (excluding diaryl/α,β-unsaturated/α-hetero) is 1. The molecule has 14 aromatic carbocycles. The van der Waals surface area contributed by atoms with Gasteiger partial charge in [-0.3, -0.25) is 4.79 Å². The molecule has 0 aromatic heterocycles. The van der Waals surface area contributed by atoms with E-state index in [2.05, 4.69) is 364 Å². The van der Waals surface area contributed by atoms with Gasteiger partial charge in [-0.2, -0.15) is 0 Å². The number of aryl methyl sites for hydroxylation is 2. The van der Waals surface area contributed by atoms with E-state index in [-0.39, 0.29) is 29.5 Å². The Labute approximate surface area is 552 Å². The number of rotatable bonds is 18. The molecule has 2 N–H and O–H groups in total. The molecule has 16 rings (SSSR count). The zero-order chi connectivity index (χ0) is 63.1. The number of ketones is 1. The van der Waals surface area contributed by atoms with Crippen molar-refractivity contribution in [2.75, 3.05) is 10.6 Å². The van der Waals surface area contributed by atoms with Gasteiger partial charge in [-0.05, 0) is 136 Å². The Morgan fingerprint density at radius 1 is 0.266 bits per heavy atom. The topological polar surface area (TPSA) is 41.1 Å². The van der Waals surface area contributed by atoms with Gasteiger partial charge < -0.3 is 10.6 Å². The number of nitrogens with one attached hydrogen (secondary N) is 2. The summed E-state index contributed by atoms with van der Waals surface area (Å²) < 4.78 is 0. The van der Waals surface area contributed by atoms with E-state index in [0.717, 1.165) is 77.4 Å². The van der Waals surface area contributed by atoms with Crippen LogP contribution in [0, 0.1) is 13.8 Å². The first kappa shape index (κ1) is 58.0. The van der Waals surface area contributed by atoms with Gasteiger partial charge in [-0.15, -0.1) is 0 Å². The molecule has 2 aliphatic rings. The first-order valence-electron chi connectivity index (χ1n) is 33.2. The highest BCUT2D eigenvalue weighted by Gasteiger charge is 2.48. The Morgan fingerprint density at radius 2 is 0.511 bits per heavy atom. The molecule has 0 heterocycles. The van der Waals surface area contributed by atoms with Crippen molar-refractivity contribution in [2.45, 2.75) is 61.4 Å². The first-order valence-corrected chi connectivity index (χ1v) is 33.2. The first-order chi connectivity index (χ1) is 46.4. The van der Waals surface area contributed by atoms with E-state index in [9.17, 15) is 0 Å². The smallest absolute Gasteiger partial charge is 0.152 e. The van der Waals surface area contributed by atoms with E-state index in [0.29, 0.717) is 0 Å². The summed E-state index contributed by atoms with van der Waals surface area (Å²) in [5.74, 6) is -1.38. The van der Waals surface area contributed by atoms with Crippen molar-refractivity contribution in [1.29, 1.82) is 0 Å².